The Bertz CT molecular complexity index is 942. The highest BCUT2D eigenvalue weighted by Gasteiger charge is 2.50. The number of carbonyl (C=O) groups is 2. The number of aromatic nitrogens is 1. The number of aliphatic hydroxyl groups is 3. The third kappa shape index (κ3) is 3.65. The number of hydrogen-bond acceptors (Lipinski definition) is 9. The van der Waals surface area contributed by atoms with E-state index in [0.717, 1.165) is 43.2 Å². The summed E-state index contributed by atoms with van der Waals surface area (Å²) >= 11 is 0. The second-order valence-electron chi connectivity index (χ2n) is 10.1. The van der Waals surface area contributed by atoms with Crippen LogP contribution < -0.4 is 0 Å². The molecule has 6 N–H and O–H groups in total. The van der Waals surface area contributed by atoms with Crippen molar-refractivity contribution >= 4 is 11.9 Å². The van der Waals surface area contributed by atoms with Gasteiger partial charge in [0, 0.05) is 17.7 Å². The number of aliphatic hydroxyl groups excluding tert-OH is 3. The van der Waals surface area contributed by atoms with Crippen molar-refractivity contribution in [2.45, 2.75) is 94.0 Å². The molecular weight excluding hydrogens is 450 g/mol. The van der Waals surface area contributed by atoms with Gasteiger partial charge in [-0.1, -0.05) is 12.8 Å². The van der Waals surface area contributed by atoms with Crippen LogP contribution in [0.3, 0.4) is 0 Å². The van der Waals surface area contributed by atoms with Gasteiger partial charge in [-0.3, -0.25) is 9.36 Å². The molecule has 2 bridgehead atoms. The van der Waals surface area contributed by atoms with E-state index in [1.165, 1.54) is 4.57 Å². The van der Waals surface area contributed by atoms with E-state index in [4.69, 9.17) is 9.47 Å². The van der Waals surface area contributed by atoms with Gasteiger partial charge in [-0.2, -0.15) is 0 Å². The first-order chi connectivity index (χ1) is 16.2. The fraction of sp³-hybridized carbons (Fsp3) is 0.739. The number of carbonyl (C=O) groups excluding carboxylic acids is 1. The van der Waals surface area contributed by atoms with Gasteiger partial charge >= 0.3 is 11.9 Å². The summed E-state index contributed by atoms with van der Waals surface area (Å²) in [5.41, 5.74) is 1.66. The van der Waals surface area contributed by atoms with Crippen molar-refractivity contribution in [2.24, 2.45) is 11.8 Å². The third-order valence-electron chi connectivity index (χ3n) is 8.21. The Kier molecular flexibility index (Phi) is 5.99. The van der Waals surface area contributed by atoms with Gasteiger partial charge in [-0.25, -0.2) is 4.79 Å². The van der Waals surface area contributed by atoms with Crippen molar-refractivity contribution in [2.75, 3.05) is 0 Å². The summed E-state index contributed by atoms with van der Waals surface area (Å²) in [4.78, 5) is 24.4. The lowest BCUT2D eigenvalue weighted by Gasteiger charge is -2.39. The summed E-state index contributed by atoms with van der Waals surface area (Å²) in [7, 11) is 0. The minimum Gasteiger partial charge on any atom is -0.494 e. The number of aromatic hydroxyl groups is 2. The molecule has 1 aliphatic heterocycles. The molecular formula is C23H31NO10. The number of carboxylic acid groups (broad SMARTS) is 1. The average Bonchev–Trinajstić information content (AvgIpc) is 3.49. The highest BCUT2D eigenvalue weighted by atomic mass is 16.7. The Hall–Kier alpha value is -2.34. The van der Waals surface area contributed by atoms with Crippen LogP contribution in [-0.4, -0.2) is 77.9 Å². The summed E-state index contributed by atoms with van der Waals surface area (Å²) in [5, 5.41) is 60.9. The molecule has 0 radical (unpaired) electrons. The van der Waals surface area contributed by atoms with Crippen molar-refractivity contribution in [3.63, 3.8) is 0 Å². The summed E-state index contributed by atoms with van der Waals surface area (Å²) in [6, 6.07) is 0. The van der Waals surface area contributed by atoms with E-state index in [1.54, 1.807) is 0 Å². The lowest BCUT2D eigenvalue weighted by atomic mass is 9.79. The zero-order valence-electron chi connectivity index (χ0n) is 18.6. The molecule has 2 unspecified atom stereocenters. The summed E-state index contributed by atoms with van der Waals surface area (Å²) < 4.78 is 11.9. The Morgan fingerprint density at radius 2 is 1.53 bits per heavy atom. The number of esters is 1. The predicted octanol–water partition coefficient (Wildman–Crippen LogP) is 0.506. The molecule has 3 fully saturated rings. The van der Waals surface area contributed by atoms with Crippen LogP contribution in [0, 0.1) is 11.8 Å². The zero-order chi connectivity index (χ0) is 24.3. The van der Waals surface area contributed by atoms with E-state index in [9.17, 15) is 40.2 Å². The fourth-order valence-electron chi connectivity index (χ4n) is 6.44. The number of nitrogens with zero attached hydrogens (tertiary/aromatic N) is 1. The number of aliphatic carboxylic acids is 1. The van der Waals surface area contributed by atoms with E-state index < -0.39 is 48.6 Å². The highest BCUT2D eigenvalue weighted by Crippen LogP contribution is 2.60. The van der Waals surface area contributed by atoms with Gasteiger partial charge < -0.3 is 40.1 Å². The number of carboxylic acids is 1. The van der Waals surface area contributed by atoms with Crippen molar-refractivity contribution in [1.29, 1.82) is 0 Å². The lowest BCUT2D eigenvalue weighted by molar-refractivity contribution is -0.288. The van der Waals surface area contributed by atoms with E-state index >= 15 is 0 Å². The number of rotatable bonds is 5. The second-order valence-corrected chi connectivity index (χ2v) is 10.1. The van der Waals surface area contributed by atoms with Crippen molar-refractivity contribution in [1.82, 2.24) is 4.57 Å². The molecule has 5 rings (SSSR count). The Morgan fingerprint density at radius 1 is 0.912 bits per heavy atom. The second kappa shape index (κ2) is 8.71. The maximum atomic E-state index is 13.1. The molecule has 11 nitrogen and oxygen atoms in total. The molecule has 2 heterocycles. The largest absolute Gasteiger partial charge is 0.494 e. The van der Waals surface area contributed by atoms with Gasteiger partial charge in [0.25, 0.3) is 0 Å². The molecule has 34 heavy (non-hydrogen) atoms. The van der Waals surface area contributed by atoms with Crippen LogP contribution >= 0.6 is 0 Å². The van der Waals surface area contributed by atoms with Gasteiger partial charge in [0.2, 0.25) is 6.29 Å². The maximum absolute atomic E-state index is 13.1. The van der Waals surface area contributed by atoms with Crippen molar-refractivity contribution in [3.8, 4) is 11.8 Å². The quantitative estimate of drug-likeness (QED) is 0.324. The van der Waals surface area contributed by atoms with Crippen LogP contribution in [0.4, 0.5) is 0 Å². The fourth-order valence-corrected chi connectivity index (χ4v) is 6.44. The lowest BCUT2D eigenvalue weighted by Crippen LogP contribution is -2.60. The topological polar surface area (TPSA) is 179 Å². The summed E-state index contributed by atoms with van der Waals surface area (Å²) in [6.45, 7) is 0.219. The van der Waals surface area contributed by atoms with Crippen LogP contribution in [0.15, 0.2) is 0 Å². The van der Waals surface area contributed by atoms with E-state index in [1.807, 2.05) is 0 Å². The van der Waals surface area contributed by atoms with E-state index in [2.05, 4.69) is 0 Å². The Labute approximate surface area is 195 Å². The third-order valence-corrected chi connectivity index (χ3v) is 8.21. The Morgan fingerprint density at radius 3 is 2.15 bits per heavy atom. The van der Waals surface area contributed by atoms with Gasteiger partial charge in [0.05, 0.1) is 5.92 Å². The van der Waals surface area contributed by atoms with Gasteiger partial charge in [0.15, 0.2) is 17.9 Å². The smallest absolute Gasteiger partial charge is 0.335 e. The number of fused-ring (bicyclic) bond motifs is 5. The van der Waals surface area contributed by atoms with E-state index in [0.29, 0.717) is 12.8 Å². The first-order valence-electron chi connectivity index (χ1n) is 12.0. The highest BCUT2D eigenvalue weighted by molar-refractivity contribution is 5.74. The van der Waals surface area contributed by atoms with E-state index in [-0.39, 0.29) is 36.1 Å². The summed E-state index contributed by atoms with van der Waals surface area (Å²) in [5.74, 6) is -2.55. The summed E-state index contributed by atoms with van der Waals surface area (Å²) in [6.07, 6.45) is -3.46. The molecule has 1 aromatic heterocycles. The SMILES string of the molecule is O=C(O[C@@H]1O[C@H](C(=O)O)[C@@H](O)[C@H](O)[C@H]1O)C1CCCCC1Cn1c(O)c2c(c1O)[C@H]1CC[C@@H]2C1. The molecule has 1 saturated heterocycles. The van der Waals surface area contributed by atoms with Crippen LogP contribution in [-0.2, 0) is 25.6 Å². The van der Waals surface area contributed by atoms with Gasteiger partial charge in [0.1, 0.15) is 18.3 Å². The molecule has 3 aliphatic carbocycles. The normalized spacial score (nSPS) is 39.1. The molecule has 11 heteroatoms. The van der Waals surface area contributed by atoms with Crippen LogP contribution in [0.1, 0.15) is 67.9 Å². The molecule has 4 aliphatic rings. The standard InChI is InChI=1S/C23H31NO10/c25-15-16(26)18(21(30)31)33-23(17(15)27)34-22(32)12-4-2-1-3-11(12)8-24-19(28)13-9-5-6-10(7-9)14(13)20(24)29/h9-12,15-18,23,25-29H,1-8H2,(H,30,31)/t9-,10+,11?,12?,15-,16-,17+,18-,23-/m0/s1. The van der Waals surface area contributed by atoms with Gasteiger partial charge in [-0.05, 0) is 49.9 Å². The molecule has 0 amide bonds. The first kappa shape index (κ1) is 23.4. The Balaban J connectivity index is 1.32. The van der Waals surface area contributed by atoms with Crippen LogP contribution in [0.25, 0.3) is 0 Å². The zero-order valence-corrected chi connectivity index (χ0v) is 18.6. The molecule has 2 saturated carbocycles. The molecule has 188 valence electrons. The van der Waals surface area contributed by atoms with Crippen LogP contribution in [0.2, 0.25) is 0 Å². The molecule has 0 aromatic carbocycles. The monoisotopic (exact) mass is 481 g/mol. The maximum Gasteiger partial charge on any atom is 0.335 e. The van der Waals surface area contributed by atoms with Crippen molar-refractivity contribution in [3.05, 3.63) is 11.1 Å². The van der Waals surface area contributed by atoms with Crippen molar-refractivity contribution < 1.29 is 49.7 Å². The van der Waals surface area contributed by atoms with Crippen LogP contribution in [0.5, 0.6) is 11.8 Å². The van der Waals surface area contributed by atoms with Gasteiger partial charge in [-0.15, -0.1) is 0 Å². The minimum atomic E-state index is -1.87. The number of hydrogen-bond donors (Lipinski definition) is 6. The molecule has 1 aromatic rings. The molecule has 9 atom stereocenters. The molecule has 0 spiro atoms. The first-order valence-corrected chi connectivity index (χ1v) is 12.0. The number of ether oxygens (including phenoxy) is 2. The predicted molar refractivity (Wildman–Crippen MR) is 113 cm³/mol. The minimum absolute atomic E-state index is 0.0600. The average molecular weight is 481 g/mol.